The van der Waals surface area contributed by atoms with E-state index in [9.17, 15) is 9.90 Å². The molecule has 1 aliphatic heterocycles. The highest BCUT2D eigenvalue weighted by Crippen LogP contribution is 2.40. The molecule has 0 unspecified atom stereocenters. The van der Waals surface area contributed by atoms with Crippen LogP contribution in [-0.2, 0) is 6.54 Å². The molecule has 5 rings (SSSR count). The number of hydrogen-bond donors (Lipinski definition) is 3. The van der Waals surface area contributed by atoms with Crippen molar-refractivity contribution < 1.29 is 9.84 Å². The Balaban J connectivity index is 1.30. The number of aliphatic imine (C=N–C) groups is 1. The number of aromatic hydroxyl groups is 1. The summed E-state index contributed by atoms with van der Waals surface area (Å²) in [6.07, 6.45) is 5.73. The van der Waals surface area contributed by atoms with Gasteiger partial charge in [0.05, 0.1) is 11.9 Å². The number of imidazole rings is 1. The number of aryl methyl sites for hydroxylation is 1. The fourth-order valence-corrected chi connectivity index (χ4v) is 5.11. The van der Waals surface area contributed by atoms with Crippen LogP contribution in [-0.4, -0.2) is 35.9 Å². The molecule has 3 heterocycles. The van der Waals surface area contributed by atoms with Crippen LogP contribution in [0.15, 0.2) is 40.2 Å². The van der Waals surface area contributed by atoms with Crippen molar-refractivity contribution in [1.82, 2.24) is 19.5 Å². The number of nitrogens with one attached hydrogen (secondary N) is 1. The van der Waals surface area contributed by atoms with Crippen molar-refractivity contribution in [2.24, 2.45) is 10.9 Å². The minimum atomic E-state index is -0.648. The first kappa shape index (κ1) is 22.2. The summed E-state index contributed by atoms with van der Waals surface area (Å²) in [6.45, 7) is 6.38. The van der Waals surface area contributed by atoms with E-state index in [2.05, 4.69) is 39.2 Å². The summed E-state index contributed by atoms with van der Waals surface area (Å²) in [7, 11) is 0. The summed E-state index contributed by atoms with van der Waals surface area (Å²) in [5.41, 5.74) is 8.77. The molecule has 1 aromatic carbocycles. The van der Waals surface area contributed by atoms with E-state index in [1.54, 1.807) is 11.5 Å². The second-order valence-corrected chi connectivity index (χ2v) is 9.82. The second-order valence-electron chi connectivity index (χ2n) is 9.82. The molecule has 3 aromatic rings. The number of ether oxygens (including phenoxy) is 1. The number of rotatable bonds is 4. The Bertz CT molecular complexity index is 1300. The molecule has 0 saturated heterocycles. The number of anilines is 1. The summed E-state index contributed by atoms with van der Waals surface area (Å²) < 4.78 is 7.73. The zero-order chi connectivity index (χ0) is 24.0. The van der Waals surface area contributed by atoms with Gasteiger partial charge in [-0.25, -0.2) is 14.8 Å². The van der Waals surface area contributed by atoms with Gasteiger partial charge in [-0.1, -0.05) is 24.3 Å². The molecule has 0 spiro atoms. The maximum atomic E-state index is 11.8. The number of nitrogens with two attached hydrogens (primary N) is 1. The summed E-state index contributed by atoms with van der Waals surface area (Å²) in [5.74, 6) is 2.15. The van der Waals surface area contributed by atoms with E-state index >= 15 is 0 Å². The van der Waals surface area contributed by atoms with Crippen molar-refractivity contribution in [2.45, 2.75) is 64.5 Å². The molecular formula is C25H30N6O3. The number of aromatic amines is 1. The Morgan fingerprint density at radius 1 is 1.18 bits per heavy atom. The normalized spacial score (nSPS) is 21.4. The minimum absolute atomic E-state index is 0.0799. The van der Waals surface area contributed by atoms with Gasteiger partial charge in [0.1, 0.15) is 11.4 Å². The lowest BCUT2D eigenvalue weighted by molar-refractivity contribution is 0.171. The van der Waals surface area contributed by atoms with Crippen LogP contribution in [0.2, 0.25) is 0 Å². The number of fused-ring (bicyclic) bond motifs is 1. The summed E-state index contributed by atoms with van der Waals surface area (Å²) in [4.78, 5) is 27.6. The highest BCUT2D eigenvalue weighted by molar-refractivity contribution is 6.09. The number of H-pyrrole nitrogens is 1. The van der Waals surface area contributed by atoms with E-state index in [-0.39, 0.29) is 11.6 Å². The molecule has 9 heteroatoms. The zero-order valence-corrected chi connectivity index (χ0v) is 19.7. The second kappa shape index (κ2) is 8.30. The Hall–Kier alpha value is -3.62. The predicted molar refractivity (Wildman–Crippen MR) is 130 cm³/mol. The fraction of sp³-hybridized carbons (Fsp3) is 0.440. The molecule has 34 heavy (non-hydrogen) atoms. The maximum absolute atomic E-state index is 11.8. The molecule has 9 nitrogen and oxygen atoms in total. The van der Waals surface area contributed by atoms with Crippen LogP contribution in [0.25, 0.3) is 0 Å². The molecule has 1 aliphatic carbocycles. The van der Waals surface area contributed by atoms with E-state index in [0.29, 0.717) is 41.6 Å². The molecule has 0 amide bonds. The van der Waals surface area contributed by atoms with E-state index in [0.717, 1.165) is 37.0 Å². The summed E-state index contributed by atoms with van der Waals surface area (Å²) in [5, 5.41) is 9.47. The van der Waals surface area contributed by atoms with Crippen LogP contribution in [0.5, 0.6) is 11.8 Å². The number of aromatic nitrogens is 4. The van der Waals surface area contributed by atoms with Gasteiger partial charge in [0, 0.05) is 12.1 Å². The molecule has 4 N–H and O–H groups in total. The van der Waals surface area contributed by atoms with Crippen LogP contribution >= 0.6 is 0 Å². The average molecular weight is 463 g/mol. The van der Waals surface area contributed by atoms with Gasteiger partial charge in [0.2, 0.25) is 11.8 Å². The van der Waals surface area contributed by atoms with Crippen molar-refractivity contribution in [2.75, 3.05) is 5.73 Å². The van der Waals surface area contributed by atoms with Gasteiger partial charge in [-0.15, -0.1) is 0 Å². The van der Waals surface area contributed by atoms with Crippen LogP contribution in [0.4, 0.5) is 11.5 Å². The monoisotopic (exact) mass is 462 g/mol. The quantitative estimate of drug-likeness (QED) is 0.540. The molecular weight excluding hydrogens is 432 g/mol. The van der Waals surface area contributed by atoms with Crippen molar-refractivity contribution in [3.8, 4) is 11.8 Å². The molecule has 2 aromatic heterocycles. The standard InChI is InChI=1S/C25H30N6O3/c1-14-27-22(26)20-23(28-14)34-25(2,3)21(30-20)18-10-8-17(9-11-18)16-6-4-15(5-7-16)12-31-13-19(32)29-24(31)33/h8-11,13,15-16,32H,4-7,12H2,1-3H3,(H,29,33)(H2,26,27,28). The largest absolute Gasteiger partial charge is 0.493 e. The first-order valence-corrected chi connectivity index (χ1v) is 11.7. The SMILES string of the molecule is Cc1nc(N)c2c(n1)OC(C)(C)C(c1ccc(C3CCC(Cn4cc(O)[nH]c4=O)CC3)cc1)=N2. The number of hydrogen-bond acceptors (Lipinski definition) is 7. The Morgan fingerprint density at radius 3 is 2.53 bits per heavy atom. The molecule has 0 radical (unpaired) electrons. The van der Waals surface area contributed by atoms with Crippen LogP contribution in [0.3, 0.4) is 0 Å². The van der Waals surface area contributed by atoms with Crippen LogP contribution in [0, 0.1) is 12.8 Å². The molecule has 2 aliphatic rings. The van der Waals surface area contributed by atoms with Gasteiger partial charge in [-0.3, -0.25) is 9.55 Å². The molecule has 1 fully saturated rings. The lowest BCUT2D eigenvalue weighted by Gasteiger charge is -2.32. The number of nitrogens with zero attached hydrogens (tertiary/aromatic N) is 4. The molecule has 0 atom stereocenters. The minimum Gasteiger partial charge on any atom is -0.493 e. The Kier molecular flexibility index (Phi) is 5.42. The van der Waals surface area contributed by atoms with Gasteiger partial charge < -0.3 is 15.6 Å². The third-order valence-corrected chi connectivity index (χ3v) is 6.87. The predicted octanol–water partition coefficient (Wildman–Crippen LogP) is 3.83. The molecule has 1 saturated carbocycles. The van der Waals surface area contributed by atoms with Gasteiger partial charge >= 0.3 is 5.69 Å². The topological polar surface area (TPSA) is 131 Å². The van der Waals surface area contributed by atoms with Gasteiger partial charge in [-0.05, 0) is 63.9 Å². The third-order valence-electron chi connectivity index (χ3n) is 6.87. The van der Waals surface area contributed by atoms with Crippen molar-refractivity contribution in [3.05, 3.63) is 57.9 Å². The van der Waals surface area contributed by atoms with Crippen LogP contribution < -0.4 is 16.2 Å². The van der Waals surface area contributed by atoms with Gasteiger partial charge in [0.15, 0.2) is 11.5 Å². The van der Waals surface area contributed by atoms with E-state index in [1.165, 1.54) is 11.8 Å². The number of benzene rings is 1. The van der Waals surface area contributed by atoms with E-state index in [1.807, 2.05) is 13.8 Å². The van der Waals surface area contributed by atoms with Crippen molar-refractivity contribution in [3.63, 3.8) is 0 Å². The number of nitrogen functional groups attached to an aromatic ring is 1. The summed E-state index contributed by atoms with van der Waals surface area (Å²) >= 11 is 0. The Morgan fingerprint density at radius 2 is 1.88 bits per heavy atom. The lowest BCUT2D eigenvalue weighted by Crippen LogP contribution is -2.41. The Labute approximate surface area is 197 Å². The zero-order valence-electron chi connectivity index (χ0n) is 19.7. The van der Waals surface area contributed by atoms with Gasteiger partial charge in [0.25, 0.3) is 0 Å². The highest BCUT2D eigenvalue weighted by Gasteiger charge is 2.35. The highest BCUT2D eigenvalue weighted by atomic mass is 16.5. The first-order valence-electron chi connectivity index (χ1n) is 11.7. The molecule has 178 valence electrons. The molecule has 0 bridgehead atoms. The fourth-order valence-electron chi connectivity index (χ4n) is 5.11. The van der Waals surface area contributed by atoms with Crippen molar-refractivity contribution >= 4 is 17.2 Å². The van der Waals surface area contributed by atoms with Crippen LogP contribution in [0.1, 0.15) is 62.4 Å². The van der Waals surface area contributed by atoms with E-state index < -0.39 is 5.60 Å². The summed E-state index contributed by atoms with van der Waals surface area (Å²) in [6, 6.07) is 8.56. The average Bonchev–Trinajstić information content (AvgIpc) is 3.09. The maximum Gasteiger partial charge on any atom is 0.328 e. The smallest absolute Gasteiger partial charge is 0.328 e. The van der Waals surface area contributed by atoms with Gasteiger partial charge in [-0.2, -0.15) is 4.98 Å². The third kappa shape index (κ3) is 4.18. The van der Waals surface area contributed by atoms with Crippen molar-refractivity contribution in [1.29, 1.82) is 0 Å². The lowest BCUT2D eigenvalue weighted by atomic mass is 9.78. The van der Waals surface area contributed by atoms with E-state index in [4.69, 9.17) is 15.5 Å². The first-order chi connectivity index (χ1) is 16.2.